The maximum atomic E-state index is 4.39. The van der Waals surface area contributed by atoms with Gasteiger partial charge in [0, 0.05) is 30.5 Å². The van der Waals surface area contributed by atoms with E-state index in [1.165, 1.54) is 0 Å². The van der Waals surface area contributed by atoms with Crippen molar-refractivity contribution in [2.24, 2.45) is 0 Å². The summed E-state index contributed by atoms with van der Waals surface area (Å²) in [5, 5.41) is 7.65. The number of aromatic nitrogens is 4. The molecule has 3 rings (SSSR count). The van der Waals surface area contributed by atoms with Crippen LogP contribution in [-0.4, -0.2) is 19.7 Å². The van der Waals surface area contributed by atoms with Crippen molar-refractivity contribution in [3.63, 3.8) is 0 Å². The Morgan fingerprint density at radius 1 is 1.05 bits per heavy atom. The minimum atomic E-state index is 0.106. The van der Waals surface area contributed by atoms with Gasteiger partial charge in [0.1, 0.15) is 0 Å². The summed E-state index contributed by atoms with van der Waals surface area (Å²) in [5.41, 5.74) is 4.00. The highest BCUT2D eigenvalue weighted by molar-refractivity contribution is 5.49. The molecule has 1 atom stereocenters. The van der Waals surface area contributed by atoms with Crippen LogP contribution in [0.25, 0.3) is 5.69 Å². The highest BCUT2D eigenvalue weighted by Crippen LogP contribution is 2.20. The molecule has 106 valence electrons. The molecule has 0 saturated heterocycles. The number of anilines is 1. The van der Waals surface area contributed by atoms with E-state index in [1.54, 1.807) is 18.6 Å². The van der Waals surface area contributed by atoms with E-state index >= 15 is 0 Å². The minimum absolute atomic E-state index is 0.106. The van der Waals surface area contributed by atoms with Crippen LogP contribution in [-0.2, 0) is 0 Å². The lowest BCUT2D eigenvalue weighted by Gasteiger charge is -2.16. The molecule has 0 bridgehead atoms. The van der Waals surface area contributed by atoms with Crippen molar-refractivity contribution in [3.8, 4) is 5.69 Å². The molecule has 0 radical (unpaired) electrons. The minimum Gasteiger partial charge on any atom is -0.377 e. The van der Waals surface area contributed by atoms with Crippen LogP contribution in [0.15, 0.2) is 55.1 Å². The SMILES string of the molecule is Cc1nccnc1C(C)Nc1ccc(-n2cccn2)cc1. The lowest BCUT2D eigenvalue weighted by Crippen LogP contribution is -2.11. The molecule has 21 heavy (non-hydrogen) atoms. The number of hydrogen-bond donors (Lipinski definition) is 1. The third kappa shape index (κ3) is 2.91. The van der Waals surface area contributed by atoms with E-state index in [-0.39, 0.29) is 6.04 Å². The van der Waals surface area contributed by atoms with E-state index in [4.69, 9.17) is 0 Å². The van der Waals surface area contributed by atoms with Gasteiger partial charge in [-0.1, -0.05) is 0 Å². The van der Waals surface area contributed by atoms with E-state index < -0.39 is 0 Å². The molecule has 0 spiro atoms. The molecule has 3 aromatic rings. The molecule has 2 heterocycles. The number of nitrogens with zero attached hydrogens (tertiary/aromatic N) is 4. The van der Waals surface area contributed by atoms with Crippen LogP contribution in [0.2, 0.25) is 0 Å². The summed E-state index contributed by atoms with van der Waals surface area (Å²) in [7, 11) is 0. The zero-order chi connectivity index (χ0) is 14.7. The fourth-order valence-electron chi connectivity index (χ4n) is 2.29. The topological polar surface area (TPSA) is 55.6 Å². The predicted molar refractivity (Wildman–Crippen MR) is 82.4 cm³/mol. The van der Waals surface area contributed by atoms with Gasteiger partial charge in [0.25, 0.3) is 0 Å². The second-order valence-corrected chi connectivity index (χ2v) is 4.89. The number of rotatable bonds is 4. The first-order chi connectivity index (χ1) is 10.2. The lowest BCUT2D eigenvalue weighted by atomic mass is 10.1. The second-order valence-electron chi connectivity index (χ2n) is 4.89. The van der Waals surface area contributed by atoms with Gasteiger partial charge in [-0.15, -0.1) is 0 Å². The smallest absolute Gasteiger partial charge is 0.0835 e. The number of nitrogens with one attached hydrogen (secondary N) is 1. The van der Waals surface area contributed by atoms with Crippen molar-refractivity contribution in [1.29, 1.82) is 0 Å². The van der Waals surface area contributed by atoms with Gasteiger partial charge in [-0.05, 0) is 44.2 Å². The van der Waals surface area contributed by atoms with Crippen molar-refractivity contribution in [3.05, 3.63) is 66.5 Å². The summed E-state index contributed by atoms with van der Waals surface area (Å²) < 4.78 is 1.83. The van der Waals surface area contributed by atoms with Gasteiger partial charge in [-0.3, -0.25) is 9.97 Å². The molecule has 0 amide bonds. The van der Waals surface area contributed by atoms with Gasteiger partial charge in [0.05, 0.1) is 23.1 Å². The molecule has 0 fully saturated rings. The molecule has 5 nitrogen and oxygen atoms in total. The normalized spacial score (nSPS) is 12.1. The summed E-state index contributed by atoms with van der Waals surface area (Å²) in [6, 6.07) is 10.2. The molecular weight excluding hydrogens is 262 g/mol. The summed E-state index contributed by atoms with van der Waals surface area (Å²) in [4.78, 5) is 8.67. The Morgan fingerprint density at radius 3 is 2.48 bits per heavy atom. The van der Waals surface area contributed by atoms with Crippen molar-refractivity contribution in [2.45, 2.75) is 19.9 Å². The van der Waals surface area contributed by atoms with Crippen molar-refractivity contribution < 1.29 is 0 Å². The number of hydrogen-bond acceptors (Lipinski definition) is 4. The Balaban J connectivity index is 1.75. The Morgan fingerprint density at radius 2 is 1.81 bits per heavy atom. The first-order valence-electron chi connectivity index (χ1n) is 6.88. The fraction of sp³-hybridized carbons (Fsp3) is 0.188. The van der Waals surface area contributed by atoms with E-state index in [0.29, 0.717) is 0 Å². The van der Waals surface area contributed by atoms with Gasteiger partial charge < -0.3 is 5.32 Å². The molecular formula is C16H17N5. The molecule has 5 heteroatoms. The maximum Gasteiger partial charge on any atom is 0.0835 e. The maximum absolute atomic E-state index is 4.39. The largest absolute Gasteiger partial charge is 0.377 e. The third-order valence-electron chi connectivity index (χ3n) is 3.35. The molecule has 0 aliphatic carbocycles. The van der Waals surface area contributed by atoms with Gasteiger partial charge in [-0.2, -0.15) is 5.10 Å². The van der Waals surface area contributed by atoms with E-state index in [2.05, 4.69) is 27.3 Å². The average Bonchev–Trinajstić information content (AvgIpc) is 3.02. The molecule has 0 aliphatic heterocycles. The molecule has 0 aliphatic rings. The Labute approximate surface area is 123 Å². The summed E-state index contributed by atoms with van der Waals surface area (Å²) in [5.74, 6) is 0. The number of aryl methyl sites for hydroxylation is 1. The fourth-order valence-corrected chi connectivity index (χ4v) is 2.29. The summed E-state index contributed by atoms with van der Waals surface area (Å²) >= 11 is 0. The second kappa shape index (κ2) is 5.75. The Kier molecular flexibility index (Phi) is 3.64. The molecule has 1 N–H and O–H groups in total. The zero-order valence-corrected chi connectivity index (χ0v) is 12.1. The van der Waals surface area contributed by atoms with Crippen LogP contribution in [0.5, 0.6) is 0 Å². The van der Waals surface area contributed by atoms with Crippen LogP contribution < -0.4 is 5.32 Å². The highest BCUT2D eigenvalue weighted by atomic mass is 15.3. The zero-order valence-electron chi connectivity index (χ0n) is 12.1. The predicted octanol–water partition coefficient (Wildman–Crippen LogP) is 3.14. The summed E-state index contributed by atoms with van der Waals surface area (Å²) in [6.45, 7) is 4.06. The van der Waals surface area contributed by atoms with Crippen LogP contribution in [0, 0.1) is 6.92 Å². The molecule has 1 unspecified atom stereocenters. The van der Waals surface area contributed by atoms with Crippen LogP contribution in [0.4, 0.5) is 5.69 Å². The van der Waals surface area contributed by atoms with Crippen molar-refractivity contribution in [2.75, 3.05) is 5.32 Å². The average molecular weight is 279 g/mol. The monoisotopic (exact) mass is 279 g/mol. The van der Waals surface area contributed by atoms with E-state index in [1.807, 2.05) is 48.1 Å². The van der Waals surface area contributed by atoms with Gasteiger partial charge in [0.15, 0.2) is 0 Å². The first kappa shape index (κ1) is 13.3. The van der Waals surface area contributed by atoms with Crippen LogP contribution in [0.3, 0.4) is 0 Å². The Bertz CT molecular complexity index is 704. The van der Waals surface area contributed by atoms with E-state index in [9.17, 15) is 0 Å². The molecule has 1 aromatic carbocycles. The van der Waals surface area contributed by atoms with Crippen LogP contribution >= 0.6 is 0 Å². The van der Waals surface area contributed by atoms with Gasteiger partial charge in [0.2, 0.25) is 0 Å². The highest BCUT2D eigenvalue weighted by Gasteiger charge is 2.10. The lowest BCUT2D eigenvalue weighted by molar-refractivity contribution is 0.809. The van der Waals surface area contributed by atoms with Crippen LogP contribution in [0.1, 0.15) is 24.4 Å². The number of benzene rings is 1. The summed E-state index contributed by atoms with van der Waals surface area (Å²) in [6.07, 6.45) is 7.13. The van der Waals surface area contributed by atoms with Crippen molar-refractivity contribution >= 4 is 5.69 Å². The third-order valence-corrected chi connectivity index (χ3v) is 3.35. The van der Waals surface area contributed by atoms with E-state index in [0.717, 1.165) is 22.8 Å². The first-order valence-corrected chi connectivity index (χ1v) is 6.88. The molecule has 2 aromatic heterocycles. The Hall–Kier alpha value is -2.69. The molecule has 0 saturated carbocycles. The standard InChI is InChI=1S/C16H17N5/c1-12-16(18-10-9-17-12)13(2)20-14-4-6-15(7-5-14)21-11-3-8-19-21/h3-11,13,20H,1-2H3. The van der Waals surface area contributed by atoms with Crippen molar-refractivity contribution in [1.82, 2.24) is 19.7 Å². The van der Waals surface area contributed by atoms with Gasteiger partial charge in [-0.25, -0.2) is 4.68 Å². The quantitative estimate of drug-likeness (QED) is 0.797. The van der Waals surface area contributed by atoms with Gasteiger partial charge >= 0.3 is 0 Å².